The Hall–Kier alpha value is -1.28. The van der Waals surface area contributed by atoms with Crippen molar-refractivity contribution < 1.29 is 28.4 Å². The minimum atomic E-state index is -4.34. The third-order valence-electron chi connectivity index (χ3n) is 7.70. The van der Waals surface area contributed by atoms with Gasteiger partial charge in [0.25, 0.3) is 0 Å². The van der Waals surface area contributed by atoms with Crippen molar-refractivity contribution in [2.75, 3.05) is 19.8 Å². The summed E-state index contributed by atoms with van der Waals surface area (Å²) in [7, 11) is -4.34. The van der Waals surface area contributed by atoms with Crippen LogP contribution in [0.15, 0.2) is 36.5 Å². The molecule has 0 aromatic rings. The minimum absolute atomic E-state index is 0.0722. The fraction of sp³-hybridized carbons (Fsp3) is 0.806. The van der Waals surface area contributed by atoms with Gasteiger partial charge in [0, 0.05) is 13.0 Å². The third-order valence-corrected chi connectivity index (χ3v) is 8.68. The molecule has 0 radical (unpaired) electrons. The molecule has 0 rings (SSSR count). The Kier molecular flexibility index (Phi) is 31.7. The van der Waals surface area contributed by atoms with Gasteiger partial charge in [-0.3, -0.25) is 13.8 Å². The first kappa shape index (κ1) is 43.7. The highest BCUT2D eigenvalue weighted by Gasteiger charge is 2.26. The van der Waals surface area contributed by atoms with Crippen molar-refractivity contribution in [2.45, 2.75) is 167 Å². The van der Waals surface area contributed by atoms with Crippen molar-refractivity contribution in [1.29, 1.82) is 0 Å². The fourth-order valence-corrected chi connectivity index (χ4v) is 5.69. The van der Waals surface area contributed by atoms with E-state index in [-0.39, 0.29) is 25.7 Å². The summed E-state index contributed by atoms with van der Waals surface area (Å²) in [5.41, 5.74) is 5.34. The van der Waals surface area contributed by atoms with Crippen LogP contribution < -0.4 is 11.1 Å². The number of phosphoric ester groups is 1. The number of nitrogens with two attached hydrogens (primary N) is 1. The number of rotatable bonds is 33. The zero-order valence-electron chi connectivity index (χ0n) is 28.8. The van der Waals surface area contributed by atoms with E-state index in [1.807, 2.05) is 6.08 Å². The average Bonchev–Trinajstić information content (AvgIpc) is 3.02. The van der Waals surface area contributed by atoms with Gasteiger partial charge in [-0.05, 0) is 44.9 Å². The van der Waals surface area contributed by atoms with Crippen LogP contribution in [0.4, 0.5) is 0 Å². The van der Waals surface area contributed by atoms with Crippen LogP contribution in [0.1, 0.15) is 155 Å². The first-order valence-corrected chi connectivity index (χ1v) is 19.6. The predicted molar refractivity (Wildman–Crippen MR) is 189 cm³/mol. The van der Waals surface area contributed by atoms with E-state index in [2.05, 4.69) is 43.5 Å². The van der Waals surface area contributed by atoms with Crippen molar-refractivity contribution in [3.05, 3.63) is 36.5 Å². The SMILES string of the molecule is CCCCCC/C=C/CC/C=C/CC/C=C/C(O)C(COP(=O)(O)OCCN)NC(=O)CCCCCCCCCCCCCC. The van der Waals surface area contributed by atoms with Gasteiger partial charge in [-0.25, -0.2) is 4.57 Å². The van der Waals surface area contributed by atoms with E-state index >= 15 is 0 Å². The number of hydrogen-bond donors (Lipinski definition) is 4. The molecule has 45 heavy (non-hydrogen) atoms. The zero-order chi connectivity index (χ0) is 33.3. The molecule has 0 heterocycles. The maximum absolute atomic E-state index is 12.6. The van der Waals surface area contributed by atoms with E-state index < -0.39 is 20.0 Å². The molecule has 5 N–H and O–H groups in total. The van der Waals surface area contributed by atoms with Crippen molar-refractivity contribution in [3.63, 3.8) is 0 Å². The maximum Gasteiger partial charge on any atom is 0.472 e. The highest BCUT2D eigenvalue weighted by Crippen LogP contribution is 2.43. The van der Waals surface area contributed by atoms with E-state index in [1.165, 1.54) is 89.9 Å². The molecule has 0 aromatic heterocycles. The Bertz CT molecular complexity index is 804. The molecule has 0 saturated heterocycles. The van der Waals surface area contributed by atoms with Gasteiger partial charge in [-0.2, -0.15) is 0 Å². The summed E-state index contributed by atoms with van der Waals surface area (Å²) >= 11 is 0. The van der Waals surface area contributed by atoms with Gasteiger partial charge in [0.1, 0.15) is 0 Å². The molecular weight excluding hydrogens is 587 g/mol. The summed E-state index contributed by atoms with van der Waals surface area (Å²) in [5.74, 6) is -0.211. The first-order chi connectivity index (χ1) is 21.9. The van der Waals surface area contributed by atoms with Gasteiger partial charge in [0.15, 0.2) is 0 Å². The topological polar surface area (TPSA) is 131 Å². The number of aliphatic hydroxyl groups excluding tert-OH is 1. The summed E-state index contributed by atoms with van der Waals surface area (Å²) in [4.78, 5) is 22.5. The van der Waals surface area contributed by atoms with E-state index in [0.717, 1.165) is 44.9 Å². The lowest BCUT2D eigenvalue weighted by molar-refractivity contribution is -0.123. The normalized spacial score (nSPS) is 14.9. The van der Waals surface area contributed by atoms with Crippen LogP contribution in [0.25, 0.3) is 0 Å². The smallest absolute Gasteiger partial charge is 0.387 e. The highest BCUT2D eigenvalue weighted by atomic mass is 31.2. The van der Waals surface area contributed by atoms with Gasteiger partial charge < -0.3 is 21.1 Å². The standard InChI is InChI=1S/C36H69N2O6P/c1-3-5-7-9-11-13-15-17-18-19-21-23-25-27-29-35(39)34(33-44-45(41,42)43-32-31-37)38-36(40)30-28-26-24-22-20-16-14-12-10-8-6-4-2/h13,15,19,21,27,29,34-35,39H,3-12,14,16-18,20,22-26,28,30-33,37H2,1-2H3,(H,38,40)(H,41,42)/b15-13+,21-19+,29-27+. The van der Waals surface area contributed by atoms with Crippen molar-refractivity contribution in [1.82, 2.24) is 5.32 Å². The van der Waals surface area contributed by atoms with Crippen LogP contribution in [-0.4, -0.2) is 47.8 Å². The van der Waals surface area contributed by atoms with Gasteiger partial charge in [-0.15, -0.1) is 0 Å². The first-order valence-electron chi connectivity index (χ1n) is 18.1. The summed E-state index contributed by atoms with van der Waals surface area (Å²) < 4.78 is 22.0. The molecule has 9 heteroatoms. The molecule has 0 aliphatic heterocycles. The molecule has 264 valence electrons. The second-order valence-electron chi connectivity index (χ2n) is 12.1. The molecular formula is C36H69N2O6P. The predicted octanol–water partition coefficient (Wildman–Crippen LogP) is 9.22. The number of carbonyl (C=O) groups excluding carboxylic acids is 1. The van der Waals surface area contributed by atoms with Gasteiger partial charge in [-0.1, -0.05) is 140 Å². The molecule has 3 unspecified atom stereocenters. The number of allylic oxidation sites excluding steroid dienone is 5. The minimum Gasteiger partial charge on any atom is -0.387 e. The molecule has 0 bridgehead atoms. The molecule has 0 spiro atoms. The molecule has 0 aliphatic rings. The second-order valence-corrected chi connectivity index (χ2v) is 13.5. The number of carbonyl (C=O) groups is 1. The molecule has 0 aromatic carbocycles. The summed E-state index contributed by atoms with van der Waals surface area (Å²) in [6.07, 6.45) is 36.1. The number of unbranched alkanes of at least 4 members (excludes halogenated alkanes) is 17. The Morgan fingerprint density at radius 3 is 1.71 bits per heavy atom. The van der Waals surface area contributed by atoms with Gasteiger partial charge in [0.05, 0.1) is 25.4 Å². The van der Waals surface area contributed by atoms with E-state index in [0.29, 0.717) is 6.42 Å². The zero-order valence-corrected chi connectivity index (χ0v) is 29.7. The molecule has 8 nitrogen and oxygen atoms in total. The van der Waals surface area contributed by atoms with Crippen LogP contribution in [0.5, 0.6) is 0 Å². The fourth-order valence-electron chi connectivity index (χ4n) is 4.93. The van der Waals surface area contributed by atoms with Gasteiger partial charge >= 0.3 is 7.82 Å². The molecule has 1 amide bonds. The lowest BCUT2D eigenvalue weighted by atomic mass is 10.0. The Labute approximate surface area is 276 Å². The maximum atomic E-state index is 12.6. The lowest BCUT2D eigenvalue weighted by Gasteiger charge is -2.23. The molecule has 0 saturated carbocycles. The van der Waals surface area contributed by atoms with Crippen molar-refractivity contribution in [2.24, 2.45) is 5.73 Å². The van der Waals surface area contributed by atoms with Crippen LogP contribution in [0, 0.1) is 0 Å². The molecule has 0 fully saturated rings. The molecule has 0 aliphatic carbocycles. The number of amides is 1. The van der Waals surface area contributed by atoms with E-state index in [4.69, 9.17) is 14.8 Å². The third kappa shape index (κ3) is 31.1. The van der Waals surface area contributed by atoms with Crippen LogP contribution >= 0.6 is 7.82 Å². The summed E-state index contributed by atoms with van der Waals surface area (Å²) in [6, 6.07) is -0.877. The number of hydrogen-bond acceptors (Lipinski definition) is 6. The van der Waals surface area contributed by atoms with Crippen LogP contribution in [-0.2, 0) is 18.4 Å². The second kappa shape index (κ2) is 32.7. The van der Waals surface area contributed by atoms with Crippen molar-refractivity contribution in [3.8, 4) is 0 Å². The Morgan fingerprint density at radius 2 is 1.18 bits per heavy atom. The quantitative estimate of drug-likeness (QED) is 0.0315. The largest absolute Gasteiger partial charge is 0.472 e. The summed E-state index contributed by atoms with van der Waals surface area (Å²) in [5, 5.41) is 13.5. The number of aliphatic hydroxyl groups is 1. The lowest BCUT2D eigenvalue weighted by Crippen LogP contribution is -2.45. The Morgan fingerprint density at radius 1 is 0.711 bits per heavy atom. The monoisotopic (exact) mass is 656 g/mol. The van der Waals surface area contributed by atoms with E-state index in [1.54, 1.807) is 6.08 Å². The van der Waals surface area contributed by atoms with Crippen LogP contribution in [0.2, 0.25) is 0 Å². The molecule has 3 atom stereocenters. The average molecular weight is 657 g/mol. The number of phosphoric acid groups is 1. The Balaban J connectivity index is 4.44. The van der Waals surface area contributed by atoms with Gasteiger partial charge in [0.2, 0.25) is 5.91 Å². The van der Waals surface area contributed by atoms with E-state index in [9.17, 15) is 19.4 Å². The van der Waals surface area contributed by atoms with Crippen LogP contribution in [0.3, 0.4) is 0 Å². The summed E-state index contributed by atoms with van der Waals surface area (Å²) in [6.45, 7) is 4.05. The number of nitrogens with one attached hydrogen (secondary N) is 1. The highest BCUT2D eigenvalue weighted by molar-refractivity contribution is 7.47. The van der Waals surface area contributed by atoms with Crippen molar-refractivity contribution >= 4 is 13.7 Å².